The number of likely N-dealkylation sites (tertiary alicyclic amines) is 2. The van der Waals surface area contributed by atoms with Crippen molar-refractivity contribution in [3.63, 3.8) is 0 Å². The molecule has 7 nitrogen and oxygen atoms in total. The maximum atomic E-state index is 12.9. The quantitative estimate of drug-likeness (QED) is 0.772. The molecule has 28 heavy (non-hydrogen) atoms. The molecular weight excluding hydrogens is 400 g/mol. The van der Waals surface area contributed by atoms with E-state index < -0.39 is 10.0 Å². The van der Waals surface area contributed by atoms with Crippen LogP contribution in [-0.2, 0) is 14.8 Å². The van der Waals surface area contributed by atoms with E-state index in [0.29, 0.717) is 31.0 Å². The molecule has 1 amide bonds. The first-order valence-corrected chi connectivity index (χ1v) is 11.0. The van der Waals surface area contributed by atoms with E-state index >= 15 is 0 Å². The number of rotatable bonds is 2. The van der Waals surface area contributed by atoms with Gasteiger partial charge in [-0.05, 0) is 43.4 Å². The number of benzene rings is 1. The number of nitrogens with zero attached hydrogens (tertiary/aromatic N) is 3. The number of amides is 1. The van der Waals surface area contributed by atoms with Crippen LogP contribution in [0, 0.1) is 11.3 Å². The van der Waals surface area contributed by atoms with Gasteiger partial charge in [0.15, 0.2) is 5.84 Å². The fourth-order valence-electron chi connectivity index (χ4n) is 4.29. The second-order valence-corrected chi connectivity index (χ2v) is 9.74. The van der Waals surface area contributed by atoms with Crippen molar-refractivity contribution in [1.29, 1.82) is 0 Å². The van der Waals surface area contributed by atoms with Gasteiger partial charge in [-0.3, -0.25) is 4.79 Å². The highest BCUT2D eigenvalue weighted by molar-refractivity contribution is 7.90. The van der Waals surface area contributed by atoms with Gasteiger partial charge in [0.1, 0.15) is 4.90 Å². The molecular formula is C19H27ClN4O3S. The minimum atomic E-state index is -3.60. The molecule has 1 aromatic carbocycles. The highest BCUT2D eigenvalue weighted by atomic mass is 35.5. The lowest BCUT2D eigenvalue weighted by Gasteiger charge is -2.34. The number of carbonyl (C=O) groups excluding carboxylic acids is 1. The Bertz CT molecular complexity index is 896. The molecule has 3 heterocycles. The van der Waals surface area contributed by atoms with Crippen molar-refractivity contribution in [3.05, 3.63) is 29.8 Å². The Balaban J connectivity index is 0.00000225. The normalized spacial score (nSPS) is 26.6. The van der Waals surface area contributed by atoms with Crippen LogP contribution in [0.1, 0.15) is 31.7 Å². The first-order chi connectivity index (χ1) is 12.8. The van der Waals surface area contributed by atoms with E-state index in [4.69, 9.17) is 5.73 Å². The summed E-state index contributed by atoms with van der Waals surface area (Å²) in [6, 6.07) is 6.94. The fraction of sp³-hybridized carbons (Fsp3) is 0.579. The largest absolute Gasteiger partial charge is 0.355 e. The molecule has 1 atom stereocenters. The second-order valence-electron chi connectivity index (χ2n) is 8.17. The zero-order valence-corrected chi connectivity index (χ0v) is 17.6. The fourth-order valence-corrected chi connectivity index (χ4v) is 5.52. The first kappa shape index (κ1) is 21.1. The molecule has 0 saturated carbocycles. The average molecular weight is 427 g/mol. The molecule has 154 valence electrons. The molecule has 9 heteroatoms. The zero-order chi connectivity index (χ0) is 19.2. The molecule has 0 spiro atoms. The molecule has 0 aliphatic carbocycles. The van der Waals surface area contributed by atoms with Crippen LogP contribution in [0.4, 0.5) is 0 Å². The zero-order valence-electron chi connectivity index (χ0n) is 16.0. The number of nitrogens with two attached hydrogens (primary N) is 1. The Hall–Kier alpha value is -1.64. The summed E-state index contributed by atoms with van der Waals surface area (Å²) in [6.07, 6.45) is 2.39. The number of hydrogen-bond acceptors (Lipinski definition) is 5. The summed E-state index contributed by atoms with van der Waals surface area (Å²) in [6.45, 7) is 5.54. The van der Waals surface area contributed by atoms with Crippen LogP contribution in [0.15, 0.2) is 33.6 Å². The third kappa shape index (κ3) is 3.65. The maximum Gasteiger partial charge on any atom is 0.285 e. The summed E-state index contributed by atoms with van der Waals surface area (Å²) < 4.78 is 28.5. The number of hydrogen-bond donors (Lipinski definition) is 1. The van der Waals surface area contributed by atoms with E-state index in [-0.39, 0.29) is 34.5 Å². The van der Waals surface area contributed by atoms with Crippen molar-refractivity contribution >= 4 is 34.2 Å². The molecule has 2 fully saturated rings. The minimum absolute atomic E-state index is 0. The Morgan fingerprint density at radius 3 is 2.57 bits per heavy atom. The van der Waals surface area contributed by atoms with Crippen molar-refractivity contribution < 1.29 is 13.2 Å². The van der Waals surface area contributed by atoms with Crippen molar-refractivity contribution in [3.8, 4) is 0 Å². The lowest BCUT2D eigenvalue weighted by atomic mass is 9.90. The molecule has 2 N–H and O–H groups in total. The van der Waals surface area contributed by atoms with Crippen LogP contribution >= 0.6 is 12.4 Å². The first-order valence-electron chi connectivity index (χ1n) is 9.51. The molecule has 0 bridgehead atoms. The summed E-state index contributed by atoms with van der Waals surface area (Å²) in [4.78, 5) is 17.1. The van der Waals surface area contributed by atoms with Crippen molar-refractivity contribution in [2.45, 2.75) is 31.1 Å². The number of halogens is 1. The predicted octanol–water partition coefficient (Wildman–Crippen LogP) is 1.47. The highest BCUT2D eigenvalue weighted by Gasteiger charge is 2.39. The molecule has 0 radical (unpaired) electrons. The van der Waals surface area contributed by atoms with E-state index in [9.17, 15) is 13.2 Å². The monoisotopic (exact) mass is 426 g/mol. The van der Waals surface area contributed by atoms with Gasteiger partial charge < -0.3 is 15.5 Å². The second kappa shape index (κ2) is 7.65. The summed E-state index contributed by atoms with van der Waals surface area (Å²) in [7, 11) is -3.60. The van der Waals surface area contributed by atoms with Gasteiger partial charge in [0, 0.05) is 37.7 Å². The Morgan fingerprint density at radius 2 is 1.93 bits per heavy atom. The van der Waals surface area contributed by atoms with Crippen LogP contribution in [0.25, 0.3) is 0 Å². The number of fused-ring (bicyclic) bond motifs is 1. The van der Waals surface area contributed by atoms with E-state index in [1.54, 1.807) is 18.2 Å². The van der Waals surface area contributed by atoms with Crippen molar-refractivity contribution in [2.75, 3.05) is 32.7 Å². The molecule has 3 aliphatic heterocycles. The van der Waals surface area contributed by atoms with Crippen LogP contribution in [0.5, 0.6) is 0 Å². The molecule has 1 aromatic rings. The number of sulfonamides is 1. The van der Waals surface area contributed by atoms with Gasteiger partial charge >= 0.3 is 0 Å². The molecule has 0 aromatic heterocycles. The molecule has 3 aliphatic rings. The topological polar surface area (TPSA) is 96.1 Å². The van der Waals surface area contributed by atoms with E-state index in [1.807, 2.05) is 15.9 Å². The van der Waals surface area contributed by atoms with Gasteiger partial charge in [0.05, 0.1) is 0 Å². The summed E-state index contributed by atoms with van der Waals surface area (Å²) in [5, 5.41) is 0. The highest BCUT2D eigenvalue weighted by Crippen LogP contribution is 2.33. The lowest BCUT2D eigenvalue weighted by Crippen LogP contribution is -2.44. The summed E-state index contributed by atoms with van der Waals surface area (Å²) in [5.41, 5.74) is 6.55. The van der Waals surface area contributed by atoms with E-state index in [2.05, 4.69) is 11.3 Å². The number of amidine groups is 1. The Kier molecular flexibility index (Phi) is 5.76. The van der Waals surface area contributed by atoms with Crippen molar-refractivity contribution in [2.24, 2.45) is 21.5 Å². The van der Waals surface area contributed by atoms with Gasteiger partial charge in [-0.25, -0.2) is 0 Å². The van der Waals surface area contributed by atoms with Gasteiger partial charge in [-0.2, -0.15) is 8.42 Å². The Labute approximate surface area is 172 Å². The SMILES string of the molecule is CC1(CN)CCN(C(=O)C2CCN(C3=NS(=O)(=O)c4ccccc43)CC2)C1.Cl. The Morgan fingerprint density at radius 1 is 1.25 bits per heavy atom. The van der Waals surface area contributed by atoms with Crippen LogP contribution in [0.3, 0.4) is 0 Å². The smallest absolute Gasteiger partial charge is 0.285 e. The van der Waals surface area contributed by atoms with E-state index in [0.717, 1.165) is 32.4 Å². The number of piperidine rings is 1. The maximum absolute atomic E-state index is 12.9. The predicted molar refractivity (Wildman–Crippen MR) is 110 cm³/mol. The van der Waals surface area contributed by atoms with Crippen LogP contribution in [0.2, 0.25) is 0 Å². The molecule has 2 saturated heterocycles. The van der Waals surface area contributed by atoms with E-state index in [1.165, 1.54) is 0 Å². The number of carbonyl (C=O) groups is 1. The van der Waals surface area contributed by atoms with Crippen LogP contribution in [-0.4, -0.2) is 62.7 Å². The lowest BCUT2D eigenvalue weighted by molar-refractivity contribution is -0.136. The third-order valence-corrected chi connectivity index (χ3v) is 7.44. The van der Waals surface area contributed by atoms with Crippen LogP contribution < -0.4 is 5.73 Å². The standard InChI is InChI=1S/C19H26N4O3S.ClH/c1-19(12-20)8-11-23(13-19)18(24)14-6-9-22(10-7-14)17-15-4-2-3-5-16(15)27(25,26)21-17;/h2-5,14H,6-13,20H2,1H3;1H. The van der Waals surface area contributed by atoms with Crippen molar-refractivity contribution in [1.82, 2.24) is 9.80 Å². The minimum Gasteiger partial charge on any atom is -0.355 e. The average Bonchev–Trinajstić information content (AvgIpc) is 3.20. The van der Waals surface area contributed by atoms with Gasteiger partial charge in [-0.1, -0.05) is 19.1 Å². The third-order valence-electron chi connectivity index (χ3n) is 6.12. The molecule has 4 rings (SSSR count). The summed E-state index contributed by atoms with van der Waals surface area (Å²) >= 11 is 0. The summed E-state index contributed by atoms with van der Waals surface area (Å²) in [5.74, 6) is 0.733. The molecule has 1 unspecified atom stereocenters. The van der Waals surface area contributed by atoms with Gasteiger partial charge in [-0.15, -0.1) is 16.8 Å². The van der Waals surface area contributed by atoms with Gasteiger partial charge in [0.25, 0.3) is 10.0 Å². The van der Waals surface area contributed by atoms with Gasteiger partial charge in [0.2, 0.25) is 5.91 Å².